The minimum atomic E-state index is -4.77. The zero-order valence-corrected chi connectivity index (χ0v) is 15.8. The second-order valence-corrected chi connectivity index (χ2v) is 6.48. The molecular formula is C18H18F3N5O3. The Bertz CT molecular complexity index is 1100. The normalized spacial score (nSPS) is 12.8. The average molecular weight is 409 g/mol. The molecule has 0 aliphatic heterocycles. The van der Waals surface area contributed by atoms with E-state index >= 15 is 0 Å². The topological polar surface area (TPSA) is 91.0 Å². The van der Waals surface area contributed by atoms with E-state index in [0.29, 0.717) is 22.2 Å². The van der Waals surface area contributed by atoms with Gasteiger partial charge in [0.1, 0.15) is 12.3 Å². The Morgan fingerprint density at radius 1 is 1.28 bits per heavy atom. The van der Waals surface area contributed by atoms with Crippen LogP contribution in [-0.2, 0) is 18.4 Å². The van der Waals surface area contributed by atoms with Gasteiger partial charge in [-0.15, -0.1) is 13.2 Å². The lowest BCUT2D eigenvalue weighted by Crippen LogP contribution is -2.35. The highest BCUT2D eigenvalue weighted by Gasteiger charge is 2.31. The van der Waals surface area contributed by atoms with Crippen LogP contribution in [0.15, 0.2) is 35.3 Å². The molecule has 0 spiro atoms. The molecule has 1 aromatic carbocycles. The van der Waals surface area contributed by atoms with E-state index in [1.165, 1.54) is 23.0 Å². The van der Waals surface area contributed by atoms with Gasteiger partial charge in [0.25, 0.3) is 5.56 Å². The number of carbonyl (C=O) groups is 1. The molecule has 154 valence electrons. The third-order valence-electron chi connectivity index (χ3n) is 4.30. The number of alkyl halides is 3. The number of hydrogen-bond acceptors (Lipinski definition) is 5. The van der Waals surface area contributed by atoms with Gasteiger partial charge in [-0.1, -0.05) is 12.1 Å². The third kappa shape index (κ3) is 4.55. The van der Waals surface area contributed by atoms with Crippen LogP contribution in [-0.4, -0.2) is 31.8 Å². The highest BCUT2D eigenvalue weighted by atomic mass is 19.4. The van der Waals surface area contributed by atoms with E-state index in [1.807, 2.05) is 0 Å². The van der Waals surface area contributed by atoms with Crippen molar-refractivity contribution in [3.8, 4) is 5.75 Å². The van der Waals surface area contributed by atoms with Crippen LogP contribution in [0.2, 0.25) is 0 Å². The zero-order valence-electron chi connectivity index (χ0n) is 15.8. The lowest BCUT2D eigenvalue weighted by atomic mass is 10.1. The molecule has 2 heterocycles. The van der Waals surface area contributed by atoms with Crippen LogP contribution in [0.1, 0.15) is 24.2 Å². The first-order chi connectivity index (χ1) is 13.5. The first-order valence-electron chi connectivity index (χ1n) is 8.59. The lowest BCUT2D eigenvalue weighted by molar-refractivity contribution is -0.274. The predicted molar refractivity (Wildman–Crippen MR) is 97.2 cm³/mol. The smallest absolute Gasteiger partial charge is 0.406 e. The van der Waals surface area contributed by atoms with Gasteiger partial charge in [-0.25, -0.2) is 4.68 Å². The Hall–Kier alpha value is -3.37. The van der Waals surface area contributed by atoms with Crippen LogP contribution in [0.4, 0.5) is 13.2 Å². The molecule has 11 heteroatoms. The number of rotatable bonds is 5. The number of fused-ring (bicyclic) bond motifs is 1. The molecule has 1 amide bonds. The van der Waals surface area contributed by atoms with E-state index in [1.54, 1.807) is 20.9 Å². The summed E-state index contributed by atoms with van der Waals surface area (Å²) >= 11 is 0. The molecule has 1 unspecified atom stereocenters. The maximum Gasteiger partial charge on any atom is 0.573 e. The van der Waals surface area contributed by atoms with Crippen molar-refractivity contribution < 1.29 is 22.7 Å². The number of benzene rings is 1. The third-order valence-corrected chi connectivity index (χ3v) is 4.30. The molecule has 1 N–H and O–H groups in total. The minimum absolute atomic E-state index is 0.301. The maximum absolute atomic E-state index is 12.5. The van der Waals surface area contributed by atoms with E-state index in [0.717, 1.165) is 16.8 Å². The van der Waals surface area contributed by atoms with Crippen molar-refractivity contribution >= 4 is 16.8 Å². The summed E-state index contributed by atoms with van der Waals surface area (Å²) in [5.41, 5.74) is 1.30. The summed E-state index contributed by atoms with van der Waals surface area (Å²) in [7, 11) is 1.69. The van der Waals surface area contributed by atoms with Crippen molar-refractivity contribution in [2.45, 2.75) is 32.8 Å². The van der Waals surface area contributed by atoms with Crippen LogP contribution < -0.4 is 15.6 Å². The zero-order chi connectivity index (χ0) is 21.3. The Balaban J connectivity index is 1.70. The Morgan fingerprint density at radius 3 is 2.55 bits per heavy atom. The largest absolute Gasteiger partial charge is 0.573 e. The van der Waals surface area contributed by atoms with Gasteiger partial charge in [-0.2, -0.15) is 10.2 Å². The van der Waals surface area contributed by atoms with Crippen molar-refractivity contribution in [2.75, 3.05) is 0 Å². The molecule has 0 bridgehead atoms. The molecule has 0 saturated heterocycles. The Labute approximate surface area is 162 Å². The first kappa shape index (κ1) is 20.4. The van der Waals surface area contributed by atoms with Crippen molar-refractivity contribution in [1.29, 1.82) is 0 Å². The summed E-state index contributed by atoms with van der Waals surface area (Å²) in [4.78, 5) is 24.8. The number of carbonyl (C=O) groups excluding carboxylic acids is 1. The van der Waals surface area contributed by atoms with Gasteiger partial charge in [0.05, 0.1) is 28.8 Å². The van der Waals surface area contributed by atoms with Crippen LogP contribution >= 0.6 is 0 Å². The summed E-state index contributed by atoms with van der Waals surface area (Å²) in [6.45, 7) is 3.08. The molecule has 2 aromatic heterocycles. The van der Waals surface area contributed by atoms with Gasteiger partial charge in [0, 0.05) is 7.05 Å². The van der Waals surface area contributed by atoms with Gasteiger partial charge >= 0.3 is 6.36 Å². The number of aromatic nitrogens is 4. The van der Waals surface area contributed by atoms with Crippen molar-refractivity contribution in [2.24, 2.45) is 7.05 Å². The Kier molecular flexibility index (Phi) is 5.31. The van der Waals surface area contributed by atoms with Crippen molar-refractivity contribution in [3.63, 3.8) is 0 Å². The van der Waals surface area contributed by atoms with Gasteiger partial charge in [0.15, 0.2) is 0 Å². The summed E-state index contributed by atoms with van der Waals surface area (Å²) in [5.74, 6) is -0.818. The number of amides is 1. The SMILES string of the molecule is Cc1nn(CC(=O)NC(C)c2ccc(OC(F)(F)F)cc2)c(=O)c2cnn(C)c12. The lowest BCUT2D eigenvalue weighted by Gasteiger charge is -2.16. The second-order valence-electron chi connectivity index (χ2n) is 6.48. The number of halogens is 3. The molecule has 0 aliphatic rings. The maximum atomic E-state index is 12.5. The van der Waals surface area contributed by atoms with Crippen molar-refractivity contribution in [1.82, 2.24) is 24.9 Å². The fourth-order valence-corrected chi connectivity index (χ4v) is 3.01. The van der Waals surface area contributed by atoms with Crippen molar-refractivity contribution in [3.05, 3.63) is 52.1 Å². The summed E-state index contributed by atoms with van der Waals surface area (Å²) in [6, 6.07) is 4.67. The van der Waals surface area contributed by atoms with Gasteiger partial charge in [-0.05, 0) is 31.5 Å². The van der Waals surface area contributed by atoms with Crippen LogP contribution in [0.25, 0.3) is 10.9 Å². The molecule has 3 rings (SSSR count). The molecular weight excluding hydrogens is 391 g/mol. The standard InChI is InChI=1S/C18H18F3N5O3/c1-10(12-4-6-13(7-5-12)29-18(19,20)21)23-15(27)9-26-17(28)14-8-22-25(3)16(14)11(2)24-26/h4-8,10H,9H2,1-3H3,(H,23,27). The van der Waals surface area contributed by atoms with Gasteiger partial charge in [-0.3, -0.25) is 14.3 Å². The minimum Gasteiger partial charge on any atom is -0.406 e. The Morgan fingerprint density at radius 2 is 1.93 bits per heavy atom. The predicted octanol–water partition coefficient (Wildman–Crippen LogP) is 2.21. The molecule has 3 aromatic rings. The molecule has 0 saturated carbocycles. The fourth-order valence-electron chi connectivity index (χ4n) is 3.01. The molecule has 29 heavy (non-hydrogen) atoms. The molecule has 0 radical (unpaired) electrons. The highest BCUT2D eigenvalue weighted by Crippen LogP contribution is 2.24. The number of nitrogens with zero attached hydrogens (tertiary/aromatic N) is 4. The quantitative estimate of drug-likeness (QED) is 0.698. The van der Waals surface area contributed by atoms with Gasteiger partial charge in [0.2, 0.25) is 5.91 Å². The number of aryl methyl sites for hydroxylation is 2. The molecule has 1 atom stereocenters. The van der Waals surface area contributed by atoms with Crippen LogP contribution in [0.5, 0.6) is 5.75 Å². The monoisotopic (exact) mass is 409 g/mol. The van der Waals surface area contributed by atoms with E-state index < -0.39 is 23.9 Å². The second kappa shape index (κ2) is 7.57. The number of hydrogen-bond donors (Lipinski definition) is 1. The molecule has 0 fully saturated rings. The van der Waals surface area contributed by atoms with Crippen LogP contribution in [0.3, 0.4) is 0 Å². The first-order valence-corrected chi connectivity index (χ1v) is 8.59. The summed E-state index contributed by atoms with van der Waals surface area (Å²) < 4.78 is 43.1. The summed E-state index contributed by atoms with van der Waals surface area (Å²) in [6.07, 6.45) is -3.34. The molecule has 0 aliphatic carbocycles. The van der Waals surface area contributed by atoms with Crippen LogP contribution in [0, 0.1) is 6.92 Å². The van der Waals surface area contributed by atoms with E-state index in [2.05, 4.69) is 20.3 Å². The average Bonchev–Trinajstić information content (AvgIpc) is 3.01. The number of ether oxygens (including phenoxy) is 1. The highest BCUT2D eigenvalue weighted by molar-refractivity contribution is 5.80. The van der Waals surface area contributed by atoms with E-state index in [4.69, 9.17) is 0 Å². The fraction of sp³-hybridized carbons (Fsp3) is 0.333. The molecule has 8 nitrogen and oxygen atoms in total. The number of nitrogens with one attached hydrogen (secondary N) is 1. The van der Waals surface area contributed by atoms with E-state index in [9.17, 15) is 22.8 Å². The van der Waals surface area contributed by atoms with Gasteiger partial charge < -0.3 is 10.1 Å². The summed E-state index contributed by atoms with van der Waals surface area (Å²) in [5, 5.41) is 11.2. The van der Waals surface area contributed by atoms with E-state index in [-0.39, 0.29) is 12.3 Å².